The smallest absolute Gasteiger partial charge is 0.407 e. The van der Waals surface area contributed by atoms with E-state index in [9.17, 15) is 24.6 Å². The van der Waals surface area contributed by atoms with Crippen LogP contribution in [-0.4, -0.2) is 70.1 Å². The first-order valence-electron chi connectivity index (χ1n) is 13.3. The first-order chi connectivity index (χ1) is 19.7. The molecule has 2 aromatic carbocycles. The highest BCUT2D eigenvalue weighted by molar-refractivity contribution is 5.85. The van der Waals surface area contributed by atoms with Crippen LogP contribution in [0.4, 0.5) is 9.59 Å². The molecule has 0 fully saturated rings. The first-order valence-corrected chi connectivity index (χ1v) is 13.3. The number of nitrogens with zero attached hydrogens (tertiary/aromatic N) is 2. The van der Waals surface area contributed by atoms with Gasteiger partial charge in [-0.3, -0.25) is 15.2 Å². The van der Waals surface area contributed by atoms with E-state index in [4.69, 9.17) is 0 Å². The van der Waals surface area contributed by atoms with Crippen LogP contribution in [0.5, 0.6) is 0 Å². The largest absolute Gasteiger partial charge is 0.465 e. The fourth-order valence-electron chi connectivity index (χ4n) is 4.29. The van der Waals surface area contributed by atoms with Gasteiger partial charge in [-0.2, -0.15) is 0 Å². The van der Waals surface area contributed by atoms with E-state index in [1.807, 2.05) is 72.8 Å². The number of aromatic nitrogens is 1. The van der Waals surface area contributed by atoms with Crippen molar-refractivity contribution in [2.75, 3.05) is 13.7 Å². The van der Waals surface area contributed by atoms with Crippen LogP contribution in [0.2, 0.25) is 0 Å². The SMILES string of the molecule is COC(=O)N[C@H](C(=O)NN(Cc1ccc(-c2ccccn2)cc1)C[C@@H](O)[C@H](Cc1ccccc1)NC(=O)O)C(C)C. The number of aliphatic hydroxyl groups is 1. The molecule has 11 nitrogen and oxygen atoms in total. The molecule has 218 valence electrons. The number of amides is 3. The van der Waals surface area contributed by atoms with Gasteiger partial charge in [-0.05, 0) is 35.6 Å². The Bertz CT molecular complexity index is 1260. The zero-order valence-electron chi connectivity index (χ0n) is 23.4. The third kappa shape index (κ3) is 9.89. The first kappa shape index (κ1) is 31.1. The van der Waals surface area contributed by atoms with Crippen molar-refractivity contribution in [2.45, 2.75) is 45.0 Å². The van der Waals surface area contributed by atoms with Gasteiger partial charge >= 0.3 is 12.2 Å². The number of hydrazine groups is 1. The predicted octanol–water partition coefficient (Wildman–Crippen LogP) is 3.20. The van der Waals surface area contributed by atoms with Gasteiger partial charge < -0.3 is 25.6 Å². The van der Waals surface area contributed by atoms with E-state index < -0.39 is 36.3 Å². The van der Waals surface area contributed by atoms with E-state index in [1.165, 1.54) is 12.1 Å². The Morgan fingerprint density at radius 2 is 1.61 bits per heavy atom. The quantitative estimate of drug-likeness (QED) is 0.199. The van der Waals surface area contributed by atoms with Crippen LogP contribution < -0.4 is 16.1 Å². The number of hydrogen-bond acceptors (Lipinski definition) is 7. The molecule has 0 spiro atoms. The summed E-state index contributed by atoms with van der Waals surface area (Å²) in [5, 5.41) is 27.1. The number of nitrogens with one attached hydrogen (secondary N) is 3. The second kappa shape index (κ2) is 15.3. The molecule has 0 bridgehead atoms. The predicted molar refractivity (Wildman–Crippen MR) is 153 cm³/mol. The Kier molecular flexibility index (Phi) is 11.6. The molecule has 0 saturated carbocycles. The lowest BCUT2D eigenvalue weighted by Gasteiger charge is -2.31. The number of rotatable bonds is 13. The second-order valence-corrected chi connectivity index (χ2v) is 9.94. The number of pyridine rings is 1. The van der Waals surface area contributed by atoms with Gasteiger partial charge in [-0.25, -0.2) is 14.6 Å². The van der Waals surface area contributed by atoms with Crippen molar-refractivity contribution < 1.29 is 29.3 Å². The lowest BCUT2D eigenvalue weighted by molar-refractivity contribution is -0.130. The molecule has 0 unspecified atom stereocenters. The van der Waals surface area contributed by atoms with Crippen molar-refractivity contribution in [1.29, 1.82) is 0 Å². The standard InChI is InChI=1S/C30H37N5O6/c1-20(2)27(33-30(40)41-3)28(37)34-35(18-22-12-14-23(15-13-22)24-11-7-8-16-31-24)19-26(36)25(32-29(38)39)17-21-9-5-4-6-10-21/h4-16,20,25-27,32,36H,17-19H2,1-3H3,(H,33,40)(H,34,37)(H,38,39)/t25-,26+,27-/m0/s1. The molecule has 41 heavy (non-hydrogen) atoms. The molecule has 5 N–H and O–H groups in total. The Morgan fingerprint density at radius 3 is 2.20 bits per heavy atom. The molecule has 11 heteroatoms. The monoisotopic (exact) mass is 563 g/mol. The van der Waals surface area contributed by atoms with Crippen LogP contribution in [-0.2, 0) is 22.5 Å². The van der Waals surface area contributed by atoms with Crippen LogP contribution in [0.25, 0.3) is 11.3 Å². The number of carbonyl (C=O) groups excluding carboxylic acids is 2. The minimum absolute atomic E-state index is 0.103. The van der Waals surface area contributed by atoms with Gasteiger partial charge in [-0.15, -0.1) is 0 Å². The zero-order valence-corrected chi connectivity index (χ0v) is 23.4. The van der Waals surface area contributed by atoms with Gasteiger partial charge in [0.15, 0.2) is 0 Å². The molecule has 3 rings (SSSR count). The van der Waals surface area contributed by atoms with E-state index in [1.54, 1.807) is 20.0 Å². The van der Waals surface area contributed by atoms with Crippen molar-refractivity contribution in [3.8, 4) is 11.3 Å². The molecule has 0 radical (unpaired) electrons. The number of carbonyl (C=O) groups is 3. The van der Waals surface area contributed by atoms with Gasteiger partial charge in [0, 0.05) is 24.8 Å². The molecule has 3 atom stereocenters. The number of alkyl carbamates (subject to hydrolysis) is 1. The van der Waals surface area contributed by atoms with Crippen LogP contribution in [0.15, 0.2) is 79.0 Å². The van der Waals surface area contributed by atoms with Crippen LogP contribution in [0.1, 0.15) is 25.0 Å². The number of hydrogen-bond donors (Lipinski definition) is 5. The van der Waals surface area contributed by atoms with E-state index >= 15 is 0 Å². The molecule has 0 aliphatic heterocycles. The van der Waals surface area contributed by atoms with Crippen molar-refractivity contribution in [3.05, 3.63) is 90.1 Å². The summed E-state index contributed by atoms with van der Waals surface area (Å²) in [7, 11) is 1.21. The van der Waals surface area contributed by atoms with Crippen LogP contribution >= 0.6 is 0 Å². The summed E-state index contributed by atoms with van der Waals surface area (Å²) < 4.78 is 4.67. The second-order valence-electron chi connectivity index (χ2n) is 9.94. The molecule has 0 aliphatic carbocycles. The zero-order chi connectivity index (χ0) is 29.8. The lowest BCUT2D eigenvalue weighted by Crippen LogP contribution is -2.57. The van der Waals surface area contributed by atoms with Gasteiger partial charge in [0.1, 0.15) is 6.04 Å². The van der Waals surface area contributed by atoms with E-state index in [0.29, 0.717) is 0 Å². The normalized spacial score (nSPS) is 13.2. The number of ether oxygens (including phenoxy) is 1. The summed E-state index contributed by atoms with van der Waals surface area (Å²) in [6.45, 7) is 3.65. The third-order valence-electron chi connectivity index (χ3n) is 6.44. The van der Waals surface area contributed by atoms with Crippen molar-refractivity contribution in [3.63, 3.8) is 0 Å². The minimum Gasteiger partial charge on any atom is -0.465 e. The average Bonchev–Trinajstić information content (AvgIpc) is 2.96. The van der Waals surface area contributed by atoms with Gasteiger partial charge in [0.25, 0.3) is 5.91 Å². The average molecular weight is 564 g/mol. The Morgan fingerprint density at radius 1 is 0.927 bits per heavy atom. The summed E-state index contributed by atoms with van der Waals surface area (Å²) in [4.78, 5) is 41.0. The molecule has 1 aromatic heterocycles. The minimum atomic E-state index is -1.27. The number of methoxy groups -OCH3 is 1. The summed E-state index contributed by atoms with van der Waals surface area (Å²) in [6, 6.07) is 20.7. The maximum atomic E-state index is 13.3. The van der Waals surface area contributed by atoms with E-state index in [2.05, 4.69) is 25.8 Å². The van der Waals surface area contributed by atoms with Gasteiger partial charge in [0.05, 0.1) is 24.9 Å². The summed E-state index contributed by atoms with van der Waals surface area (Å²) in [5.74, 6) is -0.772. The topological polar surface area (TPSA) is 153 Å². The molecule has 3 amide bonds. The molecule has 1 heterocycles. The summed E-state index contributed by atoms with van der Waals surface area (Å²) in [5.41, 5.74) is 6.20. The molecule has 0 aliphatic rings. The number of carboxylic acid groups (broad SMARTS) is 1. The Balaban J connectivity index is 1.83. The maximum absolute atomic E-state index is 13.3. The van der Waals surface area contributed by atoms with E-state index in [-0.39, 0.29) is 25.4 Å². The van der Waals surface area contributed by atoms with Crippen LogP contribution in [0, 0.1) is 5.92 Å². The molecule has 0 saturated heterocycles. The molecular formula is C30H37N5O6. The molecular weight excluding hydrogens is 526 g/mol. The van der Waals surface area contributed by atoms with Crippen molar-refractivity contribution in [1.82, 2.24) is 26.1 Å². The van der Waals surface area contributed by atoms with Gasteiger partial charge in [-0.1, -0.05) is 74.5 Å². The highest BCUT2D eigenvalue weighted by Crippen LogP contribution is 2.18. The van der Waals surface area contributed by atoms with Crippen LogP contribution in [0.3, 0.4) is 0 Å². The van der Waals surface area contributed by atoms with Crippen molar-refractivity contribution >= 4 is 18.1 Å². The molecule has 3 aromatic rings. The summed E-state index contributed by atoms with van der Waals surface area (Å²) in [6.07, 6.45) is -1.25. The Labute approximate surface area is 239 Å². The highest BCUT2D eigenvalue weighted by atomic mass is 16.5. The highest BCUT2D eigenvalue weighted by Gasteiger charge is 2.29. The lowest BCUT2D eigenvalue weighted by atomic mass is 10.0. The summed E-state index contributed by atoms with van der Waals surface area (Å²) >= 11 is 0. The van der Waals surface area contributed by atoms with E-state index in [0.717, 1.165) is 22.4 Å². The van der Waals surface area contributed by atoms with Crippen molar-refractivity contribution in [2.24, 2.45) is 5.92 Å². The number of aliphatic hydroxyl groups excluding tert-OH is 1. The van der Waals surface area contributed by atoms with Gasteiger partial charge in [0.2, 0.25) is 0 Å². The Hall–Kier alpha value is -4.48. The fourth-order valence-corrected chi connectivity index (χ4v) is 4.29. The third-order valence-corrected chi connectivity index (χ3v) is 6.44. The fraction of sp³-hybridized carbons (Fsp3) is 0.333. The maximum Gasteiger partial charge on any atom is 0.407 e. The number of benzene rings is 2.